The van der Waals surface area contributed by atoms with Crippen molar-refractivity contribution >= 4 is 23.1 Å². The molecule has 1 fully saturated rings. The molecule has 0 amide bonds. The summed E-state index contributed by atoms with van der Waals surface area (Å²) >= 11 is 1.18. The fourth-order valence-electron chi connectivity index (χ4n) is 2.55. The lowest BCUT2D eigenvalue weighted by Gasteiger charge is -2.11. The number of tetrazole rings is 1. The standard InChI is InChI=1S/C12H14N6O2S/c13-9-6-3-7-10(11(9)18(19)20)21-12-14-15-16-17(12)8-4-1-2-5-8/h3,6-8H,1-2,4-5,13H2. The summed E-state index contributed by atoms with van der Waals surface area (Å²) in [5.74, 6) is 0. The smallest absolute Gasteiger partial charge is 0.306 e. The van der Waals surface area contributed by atoms with Crippen LogP contribution in [0.15, 0.2) is 28.3 Å². The summed E-state index contributed by atoms with van der Waals surface area (Å²) in [6, 6.07) is 5.14. The Balaban J connectivity index is 1.93. The third kappa shape index (κ3) is 2.68. The van der Waals surface area contributed by atoms with E-state index in [0.717, 1.165) is 25.7 Å². The Morgan fingerprint density at radius 3 is 2.86 bits per heavy atom. The first kappa shape index (κ1) is 13.8. The Labute approximate surface area is 124 Å². The zero-order valence-corrected chi connectivity index (χ0v) is 12.0. The Morgan fingerprint density at radius 1 is 1.38 bits per heavy atom. The number of nitrogens with zero attached hydrogens (tertiary/aromatic N) is 5. The first-order chi connectivity index (χ1) is 10.2. The van der Waals surface area contributed by atoms with E-state index in [9.17, 15) is 10.1 Å². The normalized spacial score (nSPS) is 15.4. The topological polar surface area (TPSA) is 113 Å². The molecule has 0 atom stereocenters. The van der Waals surface area contributed by atoms with Gasteiger partial charge in [0.25, 0.3) is 0 Å². The van der Waals surface area contributed by atoms with Gasteiger partial charge in [-0.2, -0.15) is 0 Å². The van der Waals surface area contributed by atoms with Gasteiger partial charge in [-0.05, 0) is 47.2 Å². The van der Waals surface area contributed by atoms with Crippen LogP contribution in [0.3, 0.4) is 0 Å². The number of nitrogens with two attached hydrogens (primary N) is 1. The maximum absolute atomic E-state index is 11.2. The summed E-state index contributed by atoms with van der Waals surface area (Å²) in [4.78, 5) is 11.1. The van der Waals surface area contributed by atoms with Crippen LogP contribution >= 0.6 is 11.8 Å². The van der Waals surface area contributed by atoms with Gasteiger partial charge in [0.1, 0.15) is 5.69 Å². The number of anilines is 1. The molecule has 0 unspecified atom stereocenters. The highest BCUT2D eigenvalue weighted by Gasteiger charge is 2.25. The van der Waals surface area contributed by atoms with Gasteiger partial charge < -0.3 is 5.73 Å². The summed E-state index contributed by atoms with van der Waals surface area (Å²) in [5, 5.41) is 23.4. The number of para-hydroxylation sites is 1. The molecule has 3 rings (SSSR count). The fraction of sp³-hybridized carbons (Fsp3) is 0.417. The number of benzene rings is 1. The molecule has 1 aliphatic carbocycles. The van der Waals surface area contributed by atoms with E-state index in [1.807, 2.05) is 0 Å². The average Bonchev–Trinajstić information content (AvgIpc) is 3.08. The average molecular weight is 306 g/mol. The molecule has 1 aliphatic rings. The SMILES string of the molecule is Nc1cccc(Sc2nnnn2C2CCCC2)c1[N+](=O)[O-]. The highest BCUT2D eigenvalue weighted by Crippen LogP contribution is 2.39. The van der Waals surface area contributed by atoms with Gasteiger partial charge in [0.05, 0.1) is 15.9 Å². The number of nitro benzene ring substituents is 1. The van der Waals surface area contributed by atoms with Crippen LogP contribution in [0.5, 0.6) is 0 Å². The summed E-state index contributed by atoms with van der Waals surface area (Å²) in [6.07, 6.45) is 4.40. The number of hydrogen-bond acceptors (Lipinski definition) is 7. The van der Waals surface area contributed by atoms with Gasteiger partial charge in [-0.25, -0.2) is 4.68 Å². The number of nitro groups is 1. The Morgan fingerprint density at radius 2 is 2.14 bits per heavy atom. The van der Waals surface area contributed by atoms with Gasteiger partial charge in [0.15, 0.2) is 0 Å². The number of hydrogen-bond donors (Lipinski definition) is 1. The van der Waals surface area contributed by atoms with Crippen LogP contribution in [-0.2, 0) is 0 Å². The molecule has 1 saturated carbocycles. The van der Waals surface area contributed by atoms with Crippen molar-refractivity contribution in [2.45, 2.75) is 41.8 Å². The number of aromatic nitrogens is 4. The van der Waals surface area contributed by atoms with Gasteiger partial charge in [-0.15, -0.1) is 5.10 Å². The zero-order valence-electron chi connectivity index (χ0n) is 11.2. The second kappa shape index (κ2) is 5.68. The third-order valence-electron chi connectivity index (χ3n) is 3.55. The van der Waals surface area contributed by atoms with E-state index >= 15 is 0 Å². The molecule has 0 radical (unpaired) electrons. The Bertz CT molecular complexity index is 668. The molecule has 21 heavy (non-hydrogen) atoms. The highest BCUT2D eigenvalue weighted by atomic mass is 32.2. The van der Waals surface area contributed by atoms with Crippen molar-refractivity contribution < 1.29 is 4.92 Å². The highest BCUT2D eigenvalue weighted by molar-refractivity contribution is 7.99. The van der Waals surface area contributed by atoms with Gasteiger partial charge >= 0.3 is 5.69 Å². The molecular formula is C12H14N6O2S. The summed E-state index contributed by atoms with van der Waals surface area (Å²) in [5.41, 5.74) is 5.75. The second-order valence-electron chi connectivity index (χ2n) is 4.90. The maximum Gasteiger partial charge on any atom is 0.306 e. The minimum Gasteiger partial charge on any atom is -0.393 e. The van der Waals surface area contributed by atoms with Gasteiger partial charge in [0, 0.05) is 0 Å². The first-order valence-electron chi connectivity index (χ1n) is 6.65. The van der Waals surface area contributed by atoms with E-state index in [2.05, 4.69) is 15.5 Å². The van der Waals surface area contributed by atoms with E-state index in [0.29, 0.717) is 10.1 Å². The molecule has 1 heterocycles. The predicted molar refractivity (Wildman–Crippen MR) is 77.0 cm³/mol. The maximum atomic E-state index is 11.2. The monoisotopic (exact) mass is 306 g/mol. The lowest BCUT2D eigenvalue weighted by molar-refractivity contribution is -0.386. The molecule has 110 valence electrons. The van der Waals surface area contributed by atoms with E-state index in [-0.39, 0.29) is 17.4 Å². The van der Waals surface area contributed by atoms with Gasteiger partial charge in [0.2, 0.25) is 5.16 Å². The molecule has 1 aromatic heterocycles. The fourth-order valence-corrected chi connectivity index (χ4v) is 3.53. The molecule has 0 bridgehead atoms. The van der Waals surface area contributed by atoms with Crippen LogP contribution in [0.4, 0.5) is 11.4 Å². The first-order valence-corrected chi connectivity index (χ1v) is 7.47. The van der Waals surface area contributed by atoms with E-state index in [4.69, 9.17) is 5.73 Å². The molecule has 0 aliphatic heterocycles. The van der Waals surface area contributed by atoms with Crippen molar-refractivity contribution in [3.8, 4) is 0 Å². The lowest BCUT2D eigenvalue weighted by atomic mass is 10.3. The molecule has 1 aromatic carbocycles. The zero-order chi connectivity index (χ0) is 14.8. The Kier molecular flexibility index (Phi) is 3.74. The van der Waals surface area contributed by atoms with Crippen LogP contribution in [-0.4, -0.2) is 25.1 Å². The quantitative estimate of drug-likeness (QED) is 0.524. The molecule has 9 heteroatoms. The van der Waals surface area contributed by atoms with Crippen LogP contribution in [0.2, 0.25) is 0 Å². The second-order valence-corrected chi connectivity index (χ2v) is 5.91. The van der Waals surface area contributed by atoms with Crippen LogP contribution in [0, 0.1) is 10.1 Å². The van der Waals surface area contributed by atoms with Gasteiger partial charge in [-0.3, -0.25) is 10.1 Å². The summed E-state index contributed by atoms with van der Waals surface area (Å²) < 4.78 is 1.77. The van der Waals surface area contributed by atoms with Crippen molar-refractivity contribution in [2.24, 2.45) is 0 Å². The minimum atomic E-state index is -0.471. The van der Waals surface area contributed by atoms with Crippen molar-refractivity contribution in [2.75, 3.05) is 5.73 Å². The Hall–Kier alpha value is -2.16. The molecule has 0 saturated heterocycles. The molecule has 2 N–H and O–H groups in total. The van der Waals surface area contributed by atoms with E-state index < -0.39 is 4.92 Å². The van der Waals surface area contributed by atoms with E-state index in [1.165, 1.54) is 17.8 Å². The number of nitrogen functional groups attached to an aromatic ring is 1. The van der Waals surface area contributed by atoms with Gasteiger partial charge in [-0.1, -0.05) is 18.9 Å². The molecule has 2 aromatic rings. The molecule has 0 spiro atoms. The van der Waals surface area contributed by atoms with Crippen LogP contribution in [0.25, 0.3) is 0 Å². The van der Waals surface area contributed by atoms with E-state index in [1.54, 1.807) is 16.8 Å². The number of rotatable bonds is 4. The van der Waals surface area contributed by atoms with Crippen LogP contribution < -0.4 is 5.73 Å². The molecular weight excluding hydrogens is 292 g/mol. The predicted octanol–water partition coefficient (Wildman–Crippen LogP) is 2.43. The molecule has 8 nitrogen and oxygen atoms in total. The van der Waals surface area contributed by atoms with Crippen molar-refractivity contribution in [3.63, 3.8) is 0 Å². The van der Waals surface area contributed by atoms with Crippen molar-refractivity contribution in [1.82, 2.24) is 20.2 Å². The summed E-state index contributed by atoms with van der Waals surface area (Å²) in [6.45, 7) is 0. The largest absolute Gasteiger partial charge is 0.393 e. The minimum absolute atomic E-state index is 0.0940. The van der Waals surface area contributed by atoms with Crippen molar-refractivity contribution in [3.05, 3.63) is 28.3 Å². The van der Waals surface area contributed by atoms with Crippen molar-refractivity contribution in [1.29, 1.82) is 0 Å². The van der Waals surface area contributed by atoms with Crippen LogP contribution in [0.1, 0.15) is 31.7 Å². The summed E-state index contributed by atoms with van der Waals surface area (Å²) in [7, 11) is 0. The lowest BCUT2D eigenvalue weighted by Crippen LogP contribution is -2.08. The third-order valence-corrected chi connectivity index (χ3v) is 4.55.